The Bertz CT molecular complexity index is 384. The molecule has 1 saturated carbocycles. The van der Waals surface area contributed by atoms with E-state index in [1.54, 1.807) is 0 Å². The molecule has 0 spiro atoms. The molecule has 0 unspecified atom stereocenters. The summed E-state index contributed by atoms with van der Waals surface area (Å²) in [7, 11) is 0. The van der Waals surface area contributed by atoms with Gasteiger partial charge in [0.25, 0.3) is 0 Å². The molecule has 100 valence electrons. The second kappa shape index (κ2) is 5.75. The van der Waals surface area contributed by atoms with Gasteiger partial charge in [0.05, 0.1) is 6.10 Å². The van der Waals surface area contributed by atoms with Crippen molar-refractivity contribution >= 4 is 5.69 Å². The van der Waals surface area contributed by atoms with Crippen molar-refractivity contribution in [2.75, 3.05) is 11.4 Å². The van der Waals surface area contributed by atoms with Crippen LogP contribution in [0.5, 0.6) is 0 Å². The number of para-hydroxylation sites is 1. The monoisotopic (exact) mass is 247 g/mol. The lowest BCUT2D eigenvalue weighted by atomic mass is 10.0. The maximum atomic E-state index is 10.2. The van der Waals surface area contributed by atoms with Crippen molar-refractivity contribution in [2.45, 2.75) is 52.2 Å². The van der Waals surface area contributed by atoms with Gasteiger partial charge in [-0.1, -0.05) is 25.1 Å². The van der Waals surface area contributed by atoms with E-state index in [1.807, 2.05) is 13.0 Å². The quantitative estimate of drug-likeness (QED) is 0.827. The molecule has 0 aromatic heterocycles. The van der Waals surface area contributed by atoms with Crippen LogP contribution in [0.4, 0.5) is 5.69 Å². The van der Waals surface area contributed by atoms with E-state index in [4.69, 9.17) is 0 Å². The van der Waals surface area contributed by atoms with Gasteiger partial charge in [-0.3, -0.25) is 0 Å². The summed E-state index contributed by atoms with van der Waals surface area (Å²) in [4.78, 5) is 2.45. The number of rotatable bonds is 6. The number of nitrogens with zero attached hydrogens (tertiary/aromatic N) is 1. The highest BCUT2D eigenvalue weighted by Crippen LogP contribution is 2.35. The van der Waals surface area contributed by atoms with Gasteiger partial charge in [-0.2, -0.15) is 0 Å². The zero-order chi connectivity index (χ0) is 13.1. The first-order valence-electron chi connectivity index (χ1n) is 7.17. The minimum atomic E-state index is -0.346. The average molecular weight is 247 g/mol. The Hall–Kier alpha value is -1.02. The third kappa shape index (κ3) is 3.05. The van der Waals surface area contributed by atoms with E-state index in [0.717, 1.165) is 24.4 Å². The van der Waals surface area contributed by atoms with Crippen molar-refractivity contribution in [3.8, 4) is 0 Å². The third-order valence-electron chi connectivity index (χ3n) is 3.77. The Balaban J connectivity index is 2.27. The van der Waals surface area contributed by atoms with Gasteiger partial charge < -0.3 is 10.0 Å². The first-order valence-corrected chi connectivity index (χ1v) is 7.17. The second-order valence-electron chi connectivity index (χ2n) is 5.67. The zero-order valence-corrected chi connectivity index (χ0v) is 11.8. The molecule has 1 N–H and O–H groups in total. The van der Waals surface area contributed by atoms with Gasteiger partial charge in [0.15, 0.2) is 0 Å². The maximum absolute atomic E-state index is 10.2. The molecule has 1 aromatic carbocycles. The Labute approximate surface area is 111 Å². The van der Waals surface area contributed by atoms with E-state index in [1.165, 1.54) is 18.5 Å². The van der Waals surface area contributed by atoms with E-state index in [9.17, 15) is 5.11 Å². The highest BCUT2D eigenvalue weighted by atomic mass is 16.3. The highest BCUT2D eigenvalue weighted by molar-refractivity contribution is 5.55. The fourth-order valence-electron chi connectivity index (χ4n) is 2.42. The van der Waals surface area contributed by atoms with Crippen LogP contribution in [0.2, 0.25) is 0 Å². The summed E-state index contributed by atoms with van der Waals surface area (Å²) >= 11 is 0. The highest BCUT2D eigenvalue weighted by Gasteiger charge is 2.27. The smallest absolute Gasteiger partial charge is 0.0807 e. The Morgan fingerprint density at radius 2 is 1.94 bits per heavy atom. The maximum Gasteiger partial charge on any atom is 0.0807 e. The number of benzene rings is 1. The number of aliphatic hydroxyl groups excluding tert-OH is 1. The van der Waals surface area contributed by atoms with Crippen LogP contribution in [-0.2, 0) is 0 Å². The molecule has 1 aliphatic rings. The SMILES string of the molecule is CC[C@H](O)c1ccccc1N(CC1CC1)C(C)C. The molecule has 0 aliphatic heterocycles. The normalized spacial score (nSPS) is 16.9. The molecule has 0 amide bonds. The molecule has 0 radical (unpaired) electrons. The minimum absolute atomic E-state index is 0.346. The summed E-state index contributed by atoms with van der Waals surface area (Å²) < 4.78 is 0. The Morgan fingerprint density at radius 3 is 2.50 bits per heavy atom. The molecule has 0 bridgehead atoms. The largest absolute Gasteiger partial charge is 0.388 e. The lowest BCUT2D eigenvalue weighted by molar-refractivity contribution is 0.174. The molecule has 0 heterocycles. The molecule has 1 fully saturated rings. The van der Waals surface area contributed by atoms with Crippen LogP contribution in [0.25, 0.3) is 0 Å². The molecule has 2 rings (SSSR count). The van der Waals surface area contributed by atoms with Crippen LogP contribution in [0.1, 0.15) is 51.7 Å². The standard InChI is InChI=1S/C16H25NO/c1-4-16(18)14-7-5-6-8-15(14)17(12(2)3)11-13-9-10-13/h5-8,12-13,16,18H,4,9-11H2,1-3H3/t16-/m0/s1. The van der Waals surface area contributed by atoms with E-state index < -0.39 is 0 Å². The summed E-state index contributed by atoms with van der Waals surface area (Å²) in [5.74, 6) is 0.860. The fourth-order valence-corrected chi connectivity index (χ4v) is 2.42. The molecular weight excluding hydrogens is 222 g/mol. The van der Waals surface area contributed by atoms with Crippen molar-refractivity contribution in [3.05, 3.63) is 29.8 Å². The van der Waals surface area contributed by atoms with Crippen molar-refractivity contribution < 1.29 is 5.11 Å². The summed E-state index contributed by atoms with van der Waals surface area (Å²) in [5, 5.41) is 10.2. The third-order valence-corrected chi connectivity index (χ3v) is 3.77. The number of hydrogen-bond acceptors (Lipinski definition) is 2. The van der Waals surface area contributed by atoms with Crippen molar-refractivity contribution in [3.63, 3.8) is 0 Å². The van der Waals surface area contributed by atoms with Gasteiger partial charge in [0.2, 0.25) is 0 Å². The van der Waals surface area contributed by atoms with Crippen LogP contribution in [0, 0.1) is 5.92 Å². The van der Waals surface area contributed by atoms with Gasteiger partial charge in [0, 0.05) is 23.8 Å². The van der Waals surface area contributed by atoms with Gasteiger partial charge in [-0.15, -0.1) is 0 Å². The van der Waals surface area contributed by atoms with E-state index in [0.29, 0.717) is 6.04 Å². The Morgan fingerprint density at radius 1 is 1.28 bits per heavy atom. The molecule has 1 aliphatic carbocycles. The lowest BCUT2D eigenvalue weighted by Crippen LogP contribution is -2.33. The molecule has 1 aromatic rings. The number of anilines is 1. The summed E-state index contributed by atoms with van der Waals surface area (Å²) in [5.41, 5.74) is 2.29. The van der Waals surface area contributed by atoms with Crippen LogP contribution < -0.4 is 4.90 Å². The lowest BCUT2D eigenvalue weighted by Gasteiger charge is -2.32. The predicted molar refractivity (Wildman–Crippen MR) is 76.9 cm³/mol. The second-order valence-corrected chi connectivity index (χ2v) is 5.67. The topological polar surface area (TPSA) is 23.5 Å². The molecule has 2 nitrogen and oxygen atoms in total. The van der Waals surface area contributed by atoms with Gasteiger partial charge in [-0.25, -0.2) is 0 Å². The van der Waals surface area contributed by atoms with Gasteiger partial charge >= 0.3 is 0 Å². The average Bonchev–Trinajstić information content (AvgIpc) is 3.18. The number of aliphatic hydroxyl groups is 1. The summed E-state index contributed by atoms with van der Waals surface area (Å²) in [6.45, 7) is 7.63. The predicted octanol–water partition coefficient (Wildman–Crippen LogP) is 3.75. The van der Waals surface area contributed by atoms with Gasteiger partial charge in [0.1, 0.15) is 0 Å². The molecule has 18 heavy (non-hydrogen) atoms. The van der Waals surface area contributed by atoms with E-state index in [2.05, 4.69) is 36.9 Å². The molecule has 0 saturated heterocycles. The van der Waals surface area contributed by atoms with E-state index in [-0.39, 0.29) is 6.10 Å². The summed E-state index contributed by atoms with van der Waals surface area (Å²) in [6, 6.07) is 8.79. The van der Waals surface area contributed by atoms with Crippen LogP contribution >= 0.6 is 0 Å². The fraction of sp³-hybridized carbons (Fsp3) is 0.625. The van der Waals surface area contributed by atoms with Crippen molar-refractivity contribution in [1.29, 1.82) is 0 Å². The van der Waals surface area contributed by atoms with E-state index >= 15 is 0 Å². The van der Waals surface area contributed by atoms with Gasteiger partial charge in [-0.05, 0) is 45.1 Å². The summed E-state index contributed by atoms with van der Waals surface area (Å²) in [6.07, 6.45) is 3.15. The first-order chi connectivity index (χ1) is 8.63. The molecular formula is C16H25NO. The molecule has 1 atom stereocenters. The zero-order valence-electron chi connectivity index (χ0n) is 11.8. The molecule has 2 heteroatoms. The first kappa shape index (κ1) is 13.4. The van der Waals surface area contributed by atoms with Crippen LogP contribution in [0.15, 0.2) is 24.3 Å². The van der Waals surface area contributed by atoms with Crippen molar-refractivity contribution in [1.82, 2.24) is 0 Å². The van der Waals surface area contributed by atoms with Crippen LogP contribution in [-0.4, -0.2) is 17.7 Å². The van der Waals surface area contributed by atoms with Crippen molar-refractivity contribution in [2.24, 2.45) is 5.92 Å². The minimum Gasteiger partial charge on any atom is -0.388 e. The van der Waals surface area contributed by atoms with Crippen LogP contribution in [0.3, 0.4) is 0 Å². The Kier molecular flexibility index (Phi) is 4.28. The number of hydrogen-bond donors (Lipinski definition) is 1.